The minimum absolute atomic E-state index is 0.0615. The van der Waals surface area contributed by atoms with E-state index in [4.69, 9.17) is 0 Å². The Bertz CT molecular complexity index is 229. The van der Waals surface area contributed by atoms with Crippen molar-refractivity contribution in [1.29, 1.82) is 0 Å². The van der Waals surface area contributed by atoms with Gasteiger partial charge in [-0.15, -0.1) is 0 Å². The molecule has 1 N–H and O–H groups in total. The maximum Gasteiger partial charge on any atom is 0.394 e. The highest BCUT2D eigenvalue weighted by atomic mass is 19.4. The summed E-state index contributed by atoms with van der Waals surface area (Å²) in [6.45, 7) is 6.75. The van der Waals surface area contributed by atoms with Gasteiger partial charge in [-0.3, -0.25) is 0 Å². The van der Waals surface area contributed by atoms with E-state index in [1.54, 1.807) is 0 Å². The van der Waals surface area contributed by atoms with Crippen LogP contribution in [-0.2, 0) is 0 Å². The van der Waals surface area contributed by atoms with Crippen molar-refractivity contribution in [3.63, 3.8) is 0 Å². The molecule has 1 saturated heterocycles. The summed E-state index contributed by atoms with van der Waals surface area (Å²) in [6, 6.07) is 0. The zero-order valence-corrected chi connectivity index (χ0v) is 11.4. The lowest BCUT2D eigenvalue weighted by atomic mass is 10.1. The van der Waals surface area contributed by atoms with E-state index in [0.29, 0.717) is 12.5 Å². The monoisotopic (exact) mass is 266 g/mol. The maximum atomic E-state index is 12.7. The number of rotatable bonds is 5. The summed E-state index contributed by atoms with van der Waals surface area (Å²) in [5.41, 5.74) is 0. The molecule has 18 heavy (non-hydrogen) atoms. The zero-order valence-electron chi connectivity index (χ0n) is 11.4. The number of nitrogens with one attached hydrogen (secondary N) is 1. The van der Waals surface area contributed by atoms with E-state index in [1.807, 2.05) is 4.90 Å². The lowest BCUT2D eigenvalue weighted by molar-refractivity contribution is -0.175. The highest BCUT2D eigenvalue weighted by molar-refractivity contribution is 4.78. The minimum atomic E-state index is -4.08. The Balaban J connectivity index is 2.31. The van der Waals surface area contributed by atoms with Gasteiger partial charge in [0.1, 0.15) is 0 Å². The quantitative estimate of drug-likeness (QED) is 0.770. The molecule has 1 aliphatic heterocycles. The van der Waals surface area contributed by atoms with Gasteiger partial charge in [-0.1, -0.05) is 26.7 Å². The maximum absolute atomic E-state index is 12.7. The van der Waals surface area contributed by atoms with Crippen LogP contribution in [0.25, 0.3) is 0 Å². The van der Waals surface area contributed by atoms with E-state index in [-0.39, 0.29) is 13.1 Å². The normalized spacial score (nSPS) is 23.3. The predicted octanol–water partition coefficient (Wildman–Crippen LogP) is 2.90. The van der Waals surface area contributed by atoms with Gasteiger partial charge in [0, 0.05) is 26.2 Å². The number of halogens is 3. The zero-order chi connectivity index (χ0) is 13.6. The van der Waals surface area contributed by atoms with Gasteiger partial charge < -0.3 is 10.2 Å². The molecule has 1 unspecified atom stereocenters. The Morgan fingerprint density at radius 2 is 2.00 bits per heavy atom. The first-order valence-corrected chi connectivity index (χ1v) is 6.89. The van der Waals surface area contributed by atoms with E-state index in [0.717, 1.165) is 32.4 Å². The number of unbranched alkanes of at least 4 members (excludes halogenated alkanes) is 1. The topological polar surface area (TPSA) is 15.3 Å². The second-order valence-corrected chi connectivity index (χ2v) is 5.63. The van der Waals surface area contributed by atoms with Gasteiger partial charge in [-0.2, -0.15) is 13.2 Å². The van der Waals surface area contributed by atoms with Crippen molar-refractivity contribution in [2.24, 2.45) is 11.8 Å². The van der Waals surface area contributed by atoms with E-state index >= 15 is 0 Å². The van der Waals surface area contributed by atoms with Gasteiger partial charge in [0.05, 0.1) is 5.92 Å². The summed E-state index contributed by atoms with van der Waals surface area (Å²) in [4.78, 5) is 1.96. The minimum Gasteiger partial charge on any atom is -0.315 e. The van der Waals surface area contributed by atoms with E-state index in [9.17, 15) is 13.2 Å². The van der Waals surface area contributed by atoms with Gasteiger partial charge in [-0.05, 0) is 18.9 Å². The van der Waals surface area contributed by atoms with E-state index < -0.39 is 12.1 Å². The third kappa shape index (κ3) is 6.05. The SMILES string of the molecule is CC(C)CCCCN1CCNCC(C(F)(F)F)C1. The summed E-state index contributed by atoms with van der Waals surface area (Å²) in [5, 5.41) is 2.88. The molecule has 0 aromatic rings. The van der Waals surface area contributed by atoms with Crippen LogP contribution >= 0.6 is 0 Å². The Morgan fingerprint density at radius 3 is 2.61 bits per heavy atom. The molecule has 108 valence electrons. The highest BCUT2D eigenvalue weighted by Gasteiger charge is 2.40. The molecular formula is C13H25F3N2. The molecule has 2 nitrogen and oxygen atoms in total. The van der Waals surface area contributed by atoms with Crippen molar-refractivity contribution in [2.45, 2.75) is 39.3 Å². The Morgan fingerprint density at radius 1 is 1.28 bits per heavy atom. The average molecular weight is 266 g/mol. The first kappa shape index (κ1) is 15.8. The van der Waals surface area contributed by atoms with Crippen LogP contribution in [0.5, 0.6) is 0 Å². The number of nitrogens with zero attached hydrogens (tertiary/aromatic N) is 1. The molecule has 5 heteroatoms. The molecule has 1 aliphatic rings. The van der Waals surface area contributed by atoms with Crippen LogP contribution in [0.4, 0.5) is 13.2 Å². The van der Waals surface area contributed by atoms with Crippen molar-refractivity contribution < 1.29 is 13.2 Å². The molecule has 1 heterocycles. The fraction of sp³-hybridized carbons (Fsp3) is 1.00. The molecule has 0 aromatic carbocycles. The van der Waals surface area contributed by atoms with Crippen LogP contribution in [0.3, 0.4) is 0 Å². The predicted molar refractivity (Wildman–Crippen MR) is 67.5 cm³/mol. The van der Waals surface area contributed by atoms with Crippen LogP contribution in [0.1, 0.15) is 33.1 Å². The van der Waals surface area contributed by atoms with Crippen LogP contribution in [0.15, 0.2) is 0 Å². The van der Waals surface area contributed by atoms with Crippen LogP contribution in [0.2, 0.25) is 0 Å². The molecule has 0 aromatic heterocycles. The summed E-state index contributed by atoms with van der Waals surface area (Å²) < 4.78 is 38.2. The molecule has 0 spiro atoms. The fourth-order valence-corrected chi connectivity index (χ4v) is 2.29. The third-order valence-corrected chi connectivity index (χ3v) is 3.44. The molecule has 1 fully saturated rings. The Labute approximate surface area is 108 Å². The average Bonchev–Trinajstić information content (AvgIpc) is 2.48. The molecule has 1 atom stereocenters. The van der Waals surface area contributed by atoms with Gasteiger partial charge >= 0.3 is 6.18 Å². The molecule has 0 amide bonds. The lowest BCUT2D eigenvalue weighted by Gasteiger charge is -2.25. The smallest absolute Gasteiger partial charge is 0.315 e. The largest absolute Gasteiger partial charge is 0.394 e. The molecule has 0 saturated carbocycles. The van der Waals surface area contributed by atoms with Gasteiger partial charge in [0.25, 0.3) is 0 Å². The van der Waals surface area contributed by atoms with Crippen molar-refractivity contribution >= 4 is 0 Å². The molecule has 1 rings (SSSR count). The van der Waals surface area contributed by atoms with Crippen LogP contribution in [0, 0.1) is 11.8 Å². The second-order valence-electron chi connectivity index (χ2n) is 5.63. The third-order valence-electron chi connectivity index (χ3n) is 3.44. The summed E-state index contributed by atoms with van der Waals surface area (Å²) in [5.74, 6) is -0.538. The van der Waals surface area contributed by atoms with E-state index in [2.05, 4.69) is 19.2 Å². The van der Waals surface area contributed by atoms with Gasteiger partial charge in [0.15, 0.2) is 0 Å². The fourth-order valence-electron chi connectivity index (χ4n) is 2.29. The molecule has 0 bridgehead atoms. The molecule has 0 radical (unpaired) electrons. The van der Waals surface area contributed by atoms with E-state index in [1.165, 1.54) is 0 Å². The first-order valence-electron chi connectivity index (χ1n) is 6.89. The Kier molecular flexibility index (Phi) is 6.43. The first-order chi connectivity index (χ1) is 8.39. The number of hydrogen-bond acceptors (Lipinski definition) is 2. The van der Waals surface area contributed by atoms with Gasteiger partial charge in [0.2, 0.25) is 0 Å². The second kappa shape index (κ2) is 7.34. The molecule has 0 aliphatic carbocycles. The van der Waals surface area contributed by atoms with Crippen molar-refractivity contribution in [3.8, 4) is 0 Å². The van der Waals surface area contributed by atoms with Crippen LogP contribution in [-0.4, -0.2) is 43.8 Å². The van der Waals surface area contributed by atoms with Crippen molar-refractivity contribution in [3.05, 3.63) is 0 Å². The lowest BCUT2D eigenvalue weighted by Crippen LogP contribution is -2.38. The van der Waals surface area contributed by atoms with Gasteiger partial charge in [-0.25, -0.2) is 0 Å². The standard InChI is InChI=1S/C13H25F3N2/c1-11(2)5-3-4-7-18-8-6-17-9-12(10-18)13(14,15)16/h11-12,17H,3-10H2,1-2H3. The van der Waals surface area contributed by atoms with Crippen molar-refractivity contribution in [1.82, 2.24) is 10.2 Å². The summed E-state index contributed by atoms with van der Waals surface area (Å²) in [7, 11) is 0. The summed E-state index contributed by atoms with van der Waals surface area (Å²) in [6.07, 6.45) is -0.802. The van der Waals surface area contributed by atoms with Crippen LogP contribution < -0.4 is 5.32 Å². The highest BCUT2D eigenvalue weighted by Crippen LogP contribution is 2.27. The number of hydrogen-bond donors (Lipinski definition) is 1. The number of alkyl halides is 3. The van der Waals surface area contributed by atoms with Crippen molar-refractivity contribution in [2.75, 3.05) is 32.7 Å². The summed E-state index contributed by atoms with van der Waals surface area (Å²) >= 11 is 0. The Hall–Kier alpha value is -0.290. The molecular weight excluding hydrogens is 241 g/mol.